The number of anilines is 1. The molecule has 7 heteroatoms. The summed E-state index contributed by atoms with van der Waals surface area (Å²) in [6, 6.07) is 4.92. The van der Waals surface area contributed by atoms with Crippen molar-refractivity contribution in [3.8, 4) is 0 Å². The molecule has 6 nitrogen and oxygen atoms in total. The number of nitrogens with one attached hydrogen (secondary N) is 1. The molecule has 1 aliphatic carbocycles. The molecule has 2 rings (SSSR count). The number of hydrogen-bond acceptors (Lipinski definition) is 6. The first-order valence-electron chi connectivity index (χ1n) is 7.74. The lowest BCUT2D eigenvalue weighted by Gasteiger charge is -2.19. The van der Waals surface area contributed by atoms with Gasteiger partial charge in [-0.2, -0.15) is 0 Å². The van der Waals surface area contributed by atoms with Crippen molar-refractivity contribution in [1.29, 1.82) is 0 Å². The number of Topliss-reactive ketones (excluding diaryl/α,β-unsaturated/α-hetero) is 1. The van der Waals surface area contributed by atoms with Crippen LogP contribution in [0, 0.1) is 0 Å². The molecule has 24 heavy (non-hydrogen) atoms. The highest BCUT2D eigenvalue weighted by atomic mass is 32.2. The smallest absolute Gasteiger partial charge is 0.338 e. The van der Waals surface area contributed by atoms with E-state index in [1.54, 1.807) is 18.2 Å². The average molecular weight is 351 g/mol. The highest BCUT2D eigenvalue weighted by Gasteiger charge is 2.40. The fourth-order valence-corrected chi connectivity index (χ4v) is 3.22. The molecule has 0 atom stereocenters. The van der Waals surface area contributed by atoms with E-state index in [1.807, 2.05) is 6.26 Å². The van der Waals surface area contributed by atoms with Crippen LogP contribution in [0.2, 0.25) is 0 Å². The summed E-state index contributed by atoms with van der Waals surface area (Å²) in [6.45, 7) is 0.960. The van der Waals surface area contributed by atoms with Gasteiger partial charge in [-0.15, -0.1) is 11.8 Å². The number of rotatable bonds is 6. The van der Waals surface area contributed by atoms with Crippen LogP contribution in [0.3, 0.4) is 0 Å². The van der Waals surface area contributed by atoms with Gasteiger partial charge < -0.3 is 15.2 Å². The van der Waals surface area contributed by atoms with Crippen molar-refractivity contribution < 1.29 is 24.2 Å². The molecule has 0 spiro atoms. The van der Waals surface area contributed by atoms with Crippen LogP contribution in [0.15, 0.2) is 23.1 Å². The van der Waals surface area contributed by atoms with Gasteiger partial charge in [0.15, 0.2) is 18.0 Å². The second-order valence-corrected chi connectivity index (χ2v) is 6.68. The predicted molar refractivity (Wildman–Crippen MR) is 91.2 cm³/mol. The number of thioether (sulfide) groups is 1. The van der Waals surface area contributed by atoms with Crippen molar-refractivity contribution >= 4 is 35.1 Å². The molecule has 0 bridgehead atoms. The van der Waals surface area contributed by atoms with E-state index in [4.69, 9.17) is 4.74 Å². The first kappa shape index (κ1) is 18.5. The minimum absolute atomic E-state index is 0.232. The van der Waals surface area contributed by atoms with E-state index >= 15 is 0 Å². The highest BCUT2D eigenvalue weighted by Crippen LogP contribution is 2.31. The van der Waals surface area contributed by atoms with E-state index in [0.717, 1.165) is 17.7 Å². The molecular formula is C17H21NO5S. The second-order valence-electron chi connectivity index (χ2n) is 5.83. The number of ether oxygens (including phenoxy) is 1. The first-order valence-corrected chi connectivity index (χ1v) is 8.96. The Kier molecular flexibility index (Phi) is 6.01. The molecule has 130 valence electrons. The van der Waals surface area contributed by atoms with Gasteiger partial charge in [-0.3, -0.25) is 9.59 Å². The van der Waals surface area contributed by atoms with Gasteiger partial charge in [-0.05, 0) is 44.1 Å². The molecule has 1 saturated carbocycles. The Labute approximate surface area is 145 Å². The second kappa shape index (κ2) is 7.81. The zero-order valence-corrected chi connectivity index (χ0v) is 14.6. The first-order chi connectivity index (χ1) is 11.4. The Morgan fingerprint density at radius 3 is 2.54 bits per heavy atom. The number of carbonyl (C=O) groups excluding carboxylic acids is 3. The molecule has 0 heterocycles. The van der Waals surface area contributed by atoms with Crippen molar-refractivity contribution in [2.24, 2.45) is 0 Å². The van der Waals surface area contributed by atoms with Crippen LogP contribution in [0.5, 0.6) is 0 Å². The number of amides is 1. The van der Waals surface area contributed by atoms with Crippen molar-refractivity contribution in [3.05, 3.63) is 23.8 Å². The lowest BCUT2D eigenvalue weighted by atomic mass is 10.0. The maximum Gasteiger partial charge on any atom is 0.338 e. The molecule has 0 aromatic heterocycles. The van der Waals surface area contributed by atoms with E-state index in [-0.39, 0.29) is 11.7 Å². The Bertz CT molecular complexity index is 652. The molecule has 1 fully saturated rings. The van der Waals surface area contributed by atoms with Gasteiger partial charge in [0, 0.05) is 17.4 Å². The molecule has 0 aliphatic heterocycles. The molecule has 0 unspecified atom stereocenters. The van der Waals surface area contributed by atoms with Crippen LogP contribution in [-0.2, 0) is 14.3 Å². The van der Waals surface area contributed by atoms with Gasteiger partial charge in [-0.1, -0.05) is 6.07 Å². The minimum atomic E-state index is -1.45. The zero-order chi connectivity index (χ0) is 17.7. The summed E-state index contributed by atoms with van der Waals surface area (Å²) < 4.78 is 4.99. The van der Waals surface area contributed by atoms with Crippen LogP contribution in [0.1, 0.15) is 43.0 Å². The Morgan fingerprint density at radius 2 is 1.96 bits per heavy atom. The van der Waals surface area contributed by atoms with Gasteiger partial charge in [0.05, 0.1) is 5.69 Å². The van der Waals surface area contributed by atoms with Crippen LogP contribution < -0.4 is 5.32 Å². The molecule has 1 aromatic carbocycles. The van der Waals surface area contributed by atoms with Gasteiger partial charge in [0.1, 0.15) is 0 Å². The highest BCUT2D eigenvalue weighted by molar-refractivity contribution is 7.98. The van der Waals surface area contributed by atoms with Crippen LogP contribution in [0.4, 0.5) is 5.69 Å². The topological polar surface area (TPSA) is 92.7 Å². The number of carbonyl (C=O) groups is 3. The van der Waals surface area contributed by atoms with Gasteiger partial charge >= 0.3 is 5.97 Å². The third-order valence-electron chi connectivity index (χ3n) is 3.98. The van der Waals surface area contributed by atoms with E-state index in [9.17, 15) is 19.5 Å². The number of ketones is 1. The van der Waals surface area contributed by atoms with E-state index in [2.05, 4.69) is 5.32 Å². The van der Waals surface area contributed by atoms with E-state index < -0.39 is 18.2 Å². The number of aliphatic hydroxyl groups is 1. The summed E-state index contributed by atoms with van der Waals surface area (Å²) in [4.78, 5) is 36.2. The third kappa shape index (κ3) is 4.36. The Hall–Kier alpha value is -1.86. The molecule has 2 N–H and O–H groups in total. The molecule has 1 aromatic rings. The average Bonchev–Trinajstić information content (AvgIpc) is 2.99. The van der Waals surface area contributed by atoms with Gasteiger partial charge in [-0.25, -0.2) is 4.79 Å². The maximum atomic E-state index is 12.2. The van der Waals surface area contributed by atoms with Crippen LogP contribution >= 0.6 is 11.8 Å². The standard InChI is InChI=1S/C17H21NO5S/c1-11(19)18-13-9-12(5-6-15(13)24-2)14(20)10-23-16(21)17(22)7-3-4-8-17/h5-6,9,22H,3-4,7-8,10H2,1-2H3,(H,18,19). The molecule has 1 aliphatic rings. The third-order valence-corrected chi connectivity index (χ3v) is 4.77. The van der Waals surface area contributed by atoms with Gasteiger partial charge in [0.25, 0.3) is 0 Å². The molecule has 0 radical (unpaired) electrons. The Morgan fingerprint density at radius 1 is 1.29 bits per heavy atom. The zero-order valence-electron chi connectivity index (χ0n) is 13.8. The lowest BCUT2D eigenvalue weighted by molar-refractivity contribution is -0.163. The van der Waals surface area contributed by atoms with Crippen LogP contribution in [-0.4, -0.2) is 41.2 Å². The molecular weight excluding hydrogens is 330 g/mol. The number of hydrogen-bond donors (Lipinski definition) is 2. The summed E-state index contributed by atoms with van der Waals surface area (Å²) in [6.07, 6.45) is 4.15. The molecule has 0 saturated heterocycles. The normalized spacial score (nSPS) is 15.8. The fraction of sp³-hybridized carbons (Fsp3) is 0.471. The monoisotopic (exact) mass is 351 g/mol. The lowest BCUT2D eigenvalue weighted by Crippen LogP contribution is -2.37. The Balaban J connectivity index is 2.04. The fourth-order valence-electron chi connectivity index (χ4n) is 2.68. The summed E-state index contributed by atoms with van der Waals surface area (Å²) >= 11 is 1.45. The quantitative estimate of drug-likeness (QED) is 0.464. The van der Waals surface area contributed by atoms with Crippen molar-refractivity contribution in [3.63, 3.8) is 0 Å². The summed E-state index contributed by atoms with van der Waals surface area (Å²) in [5.74, 6) is -1.36. The van der Waals surface area contributed by atoms with Crippen molar-refractivity contribution in [2.45, 2.75) is 43.1 Å². The minimum Gasteiger partial charge on any atom is -0.455 e. The van der Waals surface area contributed by atoms with Gasteiger partial charge in [0.2, 0.25) is 5.91 Å². The summed E-state index contributed by atoms with van der Waals surface area (Å²) in [5, 5.41) is 12.8. The predicted octanol–water partition coefficient (Wildman–Crippen LogP) is 2.40. The summed E-state index contributed by atoms with van der Waals surface area (Å²) in [5.41, 5.74) is -0.575. The van der Waals surface area contributed by atoms with E-state index in [1.165, 1.54) is 18.7 Å². The summed E-state index contributed by atoms with van der Waals surface area (Å²) in [7, 11) is 0. The maximum absolute atomic E-state index is 12.2. The van der Waals surface area contributed by atoms with Crippen molar-refractivity contribution in [1.82, 2.24) is 0 Å². The molecule has 1 amide bonds. The van der Waals surface area contributed by atoms with E-state index in [0.29, 0.717) is 24.1 Å². The largest absolute Gasteiger partial charge is 0.455 e. The number of benzene rings is 1. The number of esters is 1. The van der Waals surface area contributed by atoms with Crippen LogP contribution in [0.25, 0.3) is 0 Å². The SMILES string of the molecule is CSc1ccc(C(=O)COC(=O)C2(O)CCCC2)cc1NC(C)=O. The van der Waals surface area contributed by atoms with Crippen molar-refractivity contribution in [2.75, 3.05) is 18.2 Å².